The van der Waals surface area contributed by atoms with Gasteiger partial charge < -0.3 is 14.5 Å². The zero-order valence-corrected chi connectivity index (χ0v) is 18.3. The summed E-state index contributed by atoms with van der Waals surface area (Å²) in [5.41, 5.74) is 0.354. The first-order chi connectivity index (χ1) is 14.7. The van der Waals surface area contributed by atoms with Gasteiger partial charge in [-0.05, 0) is 58.2 Å². The first kappa shape index (κ1) is 21.5. The second kappa shape index (κ2) is 8.07. The maximum Gasteiger partial charge on any atom is 0.262 e. The van der Waals surface area contributed by atoms with Crippen LogP contribution in [0.3, 0.4) is 0 Å². The molecule has 0 radical (unpaired) electrons. The van der Waals surface area contributed by atoms with Crippen molar-refractivity contribution in [2.24, 2.45) is 0 Å². The zero-order chi connectivity index (χ0) is 22.3. The highest BCUT2D eigenvalue weighted by molar-refractivity contribution is 6.22. The molecular formula is C23H29N3O5. The van der Waals surface area contributed by atoms with Crippen LogP contribution in [0.5, 0.6) is 0 Å². The van der Waals surface area contributed by atoms with Crippen LogP contribution in [0.15, 0.2) is 18.2 Å². The van der Waals surface area contributed by atoms with Crippen molar-refractivity contribution in [3.05, 3.63) is 34.9 Å². The minimum absolute atomic E-state index is 0.00992. The third-order valence-corrected chi connectivity index (χ3v) is 6.10. The second-order valence-electron chi connectivity index (χ2n) is 9.35. The molecule has 4 amide bonds. The van der Waals surface area contributed by atoms with Gasteiger partial charge in [0, 0.05) is 43.9 Å². The number of fused-ring (bicyclic) bond motifs is 1. The number of hydrogen-bond donors (Lipinski definition) is 0. The summed E-state index contributed by atoms with van der Waals surface area (Å²) < 4.78 is 5.51. The molecule has 31 heavy (non-hydrogen) atoms. The van der Waals surface area contributed by atoms with E-state index in [0.29, 0.717) is 50.3 Å². The lowest BCUT2D eigenvalue weighted by atomic mass is 10.0. The molecule has 0 aliphatic carbocycles. The van der Waals surface area contributed by atoms with E-state index >= 15 is 0 Å². The highest BCUT2D eigenvalue weighted by atomic mass is 16.5. The lowest BCUT2D eigenvalue weighted by molar-refractivity contribution is -0.140. The standard InChI is InChI=1S/C23H29N3O5/c1-23(2,3)26-20(28)16-8-7-15(14-17(16)21(26)29)19(27)24-9-5-10-25(12-11-24)22(30)18-6-4-13-31-18/h7-8,14,18H,4-6,9-13H2,1-3H3. The molecule has 3 aliphatic heterocycles. The molecule has 0 N–H and O–H groups in total. The van der Waals surface area contributed by atoms with Gasteiger partial charge >= 0.3 is 0 Å². The van der Waals surface area contributed by atoms with Gasteiger partial charge in [-0.25, -0.2) is 0 Å². The van der Waals surface area contributed by atoms with Gasteiger partial charge in [-0.15, -0.1) is 0 Å². The fourth-order valence-corrected chi connectivity index (χ4v) is 4.48. The quantitative estimate of drug-likeness (QED) is 0.673. The number of hydrogen-bond acceptors (Lipinski definition) is 5. The molecule has 3 aliphatic rings. The minimum Gasteiger partial charge on any atom is -0.368 e. The Kier molecular flexibility index (Phi) is 5.60. The predicted molar refractivity (Wildman–Crippen MR) is 113 cm³/mol. The molecule has 0 aromatic heterocycles. The van der Waals surface area contributed by atoms with Crippen LogP contribution in [0.2, 0.25) is 0 Å². The van der Waals surface area contributed by atoms with Crippen molar-refractivity contribution in [2.75, 3.05) is 32.8 Å². The van der Waals surface area contributed by atoms with E-state index in [0.717, 1.165) is 12.8 Å². The summed E-state index contributed by atoms with van der Waals surface area (Å²) in [5, 5.41) is 0. The van der Waals surface area contributed by atoms with Crippen molar-refractivity contribution in [3.63, 3.8) is 0 Å². The van der Waals surface area contributed by atoms with Gasteiger partial charge in [0.05, 0.1) is 11.1 Å². The van der Waals surface area contributed by atoms with E-state index in [-0.39, 0.29) is 35.3 Å². The van der Waals surface area contributed by atoms with E-state index in [9.17, 15) is 19.2 Å². The largest absolute Gasteiger partial charge is 0.368 e. The molecule has 8 nitrogen and oxygen atoms in total. The molecular weight excluding hydrogens is 398 g/mol. The number of nitrogens with zero attached hydrogens (tertiary/aromatic N) is 3. The highest BCUT2D eigenvalue weighted by Gasteiger charge is 2.42. The molecule has 3 heterocycles. The third kappa shape index (κ3) is 3.96. The zero-order valence-electron chi connectivity index (χ0n) is 18.3. The SMILES string of the molecule is CC(C)(C)N1C(=O)c2ccc(C(=O)N3CCCN(C(=O)C4CCCO4)CC3)cc2C1=O. The fourth-order valence-electron chi connectivity index (χ4n) is 4.48. The Morgan fingerprint density at radius 2 is 1.61 bits per heavy atom. The van der Waals surface area contributed by atoms with Gasteiger partial charge in [0.25, 0.3) is 23.6 Å². The molecule has 1 aromatic carbocycles. The molecule has 2 saturated heterocycles. The molecule has 0 saturated carbocycles. The van der Waals surface area contributed by atoms with Crippen LogP contribution >= 0.6 is 0 Å². The van der Waals surface area contributed by atoms with Gasteiger partial charge in [0.2, 0.25) is 0 Å². The number of rotatable bonds is 2. The average Bonchev–Trinajstić information content (AvgIpc) is 3.26. The first-order valence-electron chi connectivity index (χ1n) is 10.9. The van der Waals surface area contributed by atoms with E-state index < -0.39 is 5.54 Å². The van der Waals surface area contributed by atoms with Crippen LogP contribution in [0, 0.1) is 0 Å². The van der Waals surface area contributed by atoms with Crippen LogP contribution in [0.25, 0.3) is 0 Å². The van der Waals surface area contributed by atoms with E-state index in [1.807, 2.05) is 20.8 Å². The summed E-state index contributed by atoms with van der Waals surface area (Å²) in [7, 11) is 0. The Labute approximate surface area is 182 Å². The van der Waals surface area contributed by atoms with E-state index in [4.69, 9.17) is 4.74 Å². The molecule has 1 aromatic rings. The molecule has 1 atom stereocenters. The Morgan fingerprint density at radius 1 is 0.935 bits per heavy atom. The van der Waals surface area contributed by atoms with Crippen molar-refractivity contribution in [2.45, 2.75) is 51.7 Å². The number of amides is 4. The monoisotopic (exact) mass is 427 g/mol. The normalized spacial score (nSPS) is 22.0. The summed E-state index contributed by atoms with van der Waals surface area (Å²) in [5.74, 6) is -0.879. The fraction of sp³-hybridized carbons (Fsp3) is 0.565. The Bertz CT molecular complexity index is 930. The summed E-state index contributed by atoms with van der Waals surface area (Å²) in [6.07, 6.45) is 1.99. The van der Waals surface area contributed by atoms with Gasteiger partial charge in [0.1, 0.15) is 6.10 Å². The van der Waals surface area contributed by atoms with Crippen LogP contribution < -0.4 is 0 Å². The van der Waals surface area contributed by atoms with Gasteiger partial charge in [0.15, 0.2) is 0 Å². The Balaban J connectivity index is 1.47. The van der Waals surface area contributed by atoms with Crippen LogP contribution in [0.1, 0.15) is 71.1 Å². The molecule has 8 heteroatoms. The molecule has 1 unspecified atom stereocenters. The summed E-state index contributed by atoms with van der Waals surface area (Å²) >= 11 is 0. The van der Waals surface area contributed by atoms with Gasteiger partial charge in [-0.1, -0.05) is 0 Å². The topological polar surface area (TPSA) is 87.2 Å². The van der Waals surface area contributed by atoms with E-state index in [1.165, 1.54) is 11.0 Å². The number of ether oxygens (including phenoxy) is 1. The Hall–Kier alpha value is -2.74. The number of carbonyl (C=O) groups excluding carboxylic acids is 4. The molecule has 0 spiro atoms. The van der Waals surface area contributed by atoms with E-state index in [1.54, 1.807) is 21.9 Å². The second-order valence-corrected chi connectivity index (χ2v) is 9.35. The first-order valence-corrected chi connectivity index (χ1v) is 10.9. The molecule has 2 fully saturated rings. The Morgan fingerprint density at radius 3 is 2.29 bits per heavy atom. The highest BCUT2D eigenvalue weighted by Crippen LogP contribution is 2.30. The minimum atomic E-state index is -0.638. The number of imide groups is 1. The summed E-state index contributed by atoms with van der Waals surface area (Å²) in [6, 6.07) is 4.71. The summed E-state index contributed by atoms with van der Waals surface area (Å²) in [6.45, 7) is 8.07. The maximum atomic E-state index is 13.1. The smallest absolute Gasteiger partial charge is 0.262 e. The maximum absolute atomic E-state index is 13.1. The van der Waals surface area contributed by atoms with Gasteiger partial charge in [-0.3, -0.25) is 24.1 Å². The van der Waals surface area contributed by atoms with Crippen LogP contribution in [-0.4, -0.2) is 82.8 Å². The van der Waals surface area contributed by atoms with Crippen molar-refractivity contribution in [1.29, 1.82) is 0 Å². The van der Waals surface area contributed by atoms with Crippen molar-refractivity contribution < 1.29 is 23.9 Å². The van der Waals surface area contributed by atoms with Crippen molar-refractivity contribution in [3.8, 4) is 0 Å². The third-order valence-electron chi connectivity index (χ3n) is 6.10. The lowest BCUT2D eigenvalue weighted by Crippen LogP contribution is -2.45. The number of benzene rings is 1. The van der Waals surface area contributed by atoms with Crippen LogP contribution in [-0.2, 0) is 9.53 Å². The molecule has 0 bridgehead atoms. The number of carbonyl (C=O) groups is 4. The predicted octanol–water partition coefficient (Wildman–Crippen LogP) is 1.93. The average molecular weight is 428 g/mol. The van der Waals surface area contributed by atoms with Gasteiger partial charge in [-0.2, -0.15) is 0 Å². The lowest BCUT2D eigenvalue weighted by Gasteiger charge is -2.29. The molecule has 4 rings (SSSR count). The summed E-state index contributed by atoms with van der Waals surface area (Å²) in [4.78, 5) is 56.0. The van der Waals surface area contributed by atoms with Crippen molar-refractivity contribution in [1.82, 2.24) is 14.7 Å². The molecule has 166 valence electrons. The van der Waals surface area contributed by atoms with Crippen molar-refractivity contribution >= 4 is 23.6 Å². The van der Waals surface area contributed by atoms with Crippen LogP contribution in [0.4, 0.5) is 0 Å². The van der Waals surface area contributed by atoms with E-state index in [2.05, 4.69) is 0 Å².